The van der Waals surface area contributed by atoms with Crippen molar-refractivity contribution >= 4 is 28.5 Å². The van der Waals surface area contributed by atoms with Crippen LogP contribution >= 0.6 is 0 Å². The fourth-order valence-electron chi connectivity index (χ4n) is 5.75. The number of anilines is 2. The maximum Gasteiger partial charge on any atom is 0.416 e. The van der Waals surface area contributed by atoms with Gasteiger partial charge in [0.05, 0.1) is 36.9 Å². The number of amides is 1. The van der Waals surface area contributed by atoms with Gasteiger partial charge in [-0.25, -0.2) is 14.8 Å². The molecule has 2 aliphatic rings. The number of methoxy groups -OCH3 is 1. The molecule has 2 unspecified atom stereocenters. The normalized spacial score (nSPS) is 21.0. The second-order valence-electron chi connectivity index (χ2n) is 11.2. The molecule has 3 atom stereocenters. The van der Waals surface area contributed by atoms with Crippen LogP contribution in [0.4, 0.5) is 29.5 Å². The first kappa shape index (κ1) is 29.6. The van der Waals surface area contributed by atoms with E-state index in [-0.39, 0.29) is 29.0 Å². The highest BCUT2D eigenvalue weighted by Gasteiger charge is 2.48. The largest absolute Gasteiger partial charge is 0.493 e. The molecule has 5 rings (SSSR count). The van der Waals surface area contributed by atoms with E-state index in [1.165, 1.54) is 13.2 Å². The molecule has 3 aromatic rings. The number of ether oxygens (including phenoxy) is 3. The fraction of sp³-hybridized carbons (Fsp3) is 0.483. The molecule has 1 amide bonds. The van der Waals surface area contributed by atoms with Gasteiger partial charge >= 0.3 is 12.3 Å². The number of hydrogen-bond donors (Lipinski definition) is 3. The Hall–Kier alpha value is -3.84. The molecule has 1 spiro atoms. The van der Waals surface area contributed by atoms with Gasteiger partial charge in [-0.15, -0.1) is 0 Å². The number of nitrogens with zero attached hydrogens (tertiary/aromatic N) is 3. The first-order valence-electron chi connectivity index (χ1n) is 13.7. The summed E-state index contributed by atoms with van der Waals surface area (Å²) in [7, 11) is 1.46. The predicted molar refractivity (Wildman–Crippen MR) is 151 cm³/mol. The quantitative estimate of drug-likeness (QED) is 0.350. The zero-order chi connectivity index (χ0) is 30.4. The molecule has 0 bridgehead atoms. The topological polar surface area (TPSA) is 138 Å². The van der Waals surface area contributed by atoms with Crippen molar-refractivity contribution < 1.29 is 32.2 Å². The van der Waals surface area contributed by atoms with Gasteiger partial charge in [-0.3, -0.25) is 0 Å². The SMILES string of the molecule is COc1cc2nc(C)nc(N[C@H](C)c3cc(N)cc(C(F)(F)F)c3)c2cc1OC(=O)N1CCC2(CC1)COC(C)C2N. The lowest BCUT2D eigenvalue weighted by atomic mass is 9.73. The minimum absolute atomic E-state index is 0.00304. The summed E-state index contributed by atoms with van der Waals surface area (Å²) in [6, 6.07) is 5.96. The standard InChI is InChI=1S/C29H35F3N6O4/c1-15(18-9-19(29(30,31)32)11-20(33)10-18)35-26-21-12-24(23(40-4)13-22(21)36-17(3)37-26)42-27(39)38-7-5-28(6-8-38)14-41-16(2)25(28)34/h9-13,15-16,25H,5-8,14,33-34H2,1-4H3,(H,35,36,37)/t15-,16?,25?/m1/s1. The van der Waals surface area contributed by atoms with Gasteiger partial charge in [-0.1, -0.05) is 0 Å². The molecule has 42 heavy (non-hydrogen) atoms. The Morgan fingerprint density at radius 3 is 2.50 bits per heavy atom. The van der Waals surface area contributed by atoms with Crippen LogP contribution in [0.25, 0.3) is 10.9 Å². The molecule has 2 aliphatic heterocycles. The average molecular weight is 589 g/mol. The number of nitrogens with one attached hydrogen (secondary N) is 1. The Bertz CT molecular complexity index is 1490. The summed E-state index contributed by atoms with van der Waals surface area (Å²) in [6.45, 7) is 6.90. The van der Waals surface area contributed by atoms with Crippen LogP contribution in [0.2, 0.25) is 0 Å². The number of likely N-dealkylation sites (tertiary alicyclic amines) is 1. The zero-order valence-electron chi connectivity index (χ0n) is 23.9. The third-order valence-electron chi connectivity index (χ3n) is 8.31. The Morgan fingerprint density at radius 2 is 1.88 bits per heavy atom. The number of carbonyl (C=O) groups is 1. The molecule has 0 saturated carbocycles. The van der Waals surface area contributed by atoms with Gasteiger partial charge in [-0.05, 0) is 63.4 Å². The van der Waals surface area contributed by atoms with Crippen LogP contribution in [-0.2, 0) is 10.9 Å². The van der Waals surface area contributed by atoms with Crippen LogP contribution in [0.1, 0.15) is 49.7 Å². The van der Waals surface area contributed by atoms with Crippen molar-refractivity contribution in [1.82, 2.24) is 14.9 Å². The van der Waals surface area contributed by atoms with Crippen LogP contribution in [-0.4, -0.2) is 59.9 Å². The number of nitrogens with two attached hydrogens (primary N) is 2. The lowest BCUT2D eigenvalue weighted by Crippen LogP contribution is -2.52. The third-order valence-corrected chi connectivity index (χ3v) is 8.31. The van der Waals surface area contributed by atoms with E-state index < -0.39 is 23.9 Å². The lowest BCUT2D eigenvalue weighted by Gasteiger charge is -2.40. The van der Waals surface area contributed by atoms with E-state index in [2.05, 4.69) is 15.3 Å². The molecule has 10 nitrogen and oxygen atoms in total. The molecule has 5 N–H and O–H groups in total. The Labute approximate surface area is 241 Å². The van der Waals surface area contributed by atoms with Gasteiger partial charge in [0.1, 0.15) is 11.6 Å². The van der Waals surface area contributed by atoms with E-state index in [1.54, 1.807) is 30.9 Å². The molecule has 2 saturated heterocycles. The zero-order valence-corrected chi connectivity index (χ0v) is 23.9. The van der Waals surface area contributed by atoms with Crippen molar-refractivity contribution in [2.45, 2.75) is 58.0 Å². The predicted octanol–water partition coefficient (Wildman–Crippen LogP) is 5.05. The molecule has 0 aliphatic carbocycles. The maximum atomic E-state index is 13.4. The number of nitrogen functional groups attached to an aromatic ring is 1. The maximum absolute atomic E-state index is 13.4. The highest BCUT2D eigenvalue weighted by Crippen LogP contribution is 2.42. The molecular weight excluding hydrogens is 553 g/mol. The highest BCUT2D eigenvalue weighted by molar-refractivity contribution is 5.92. The Morgan fingerprint density at radius 1 is 1.17 bits per heavy atom. The Balaban J connectivity index is 1.39. The van der Waals surface area contributed by atoms with Crippen LogP contribution < -0.4 is 26.3 Å². The number of piperidine rings is 1. The van der Waals surface area contributed by atoms with Gasteiger partial charge in [0.15, 0.2) is 11.5 Å². The summed E-state index contributed by atoms with van der Waals surface area (Å²) in [4.78, 5) is 23.8. The minimum atomic E-state index is -4.54. The van der Waals surface area contributed by atoms with Crippen molar-refractivity contribution in [2.24, 2.45) is 11.1 Å². The summed E-state index contributed by atoms with van der Waals surface area (Å²) >= 11 is 0. The summed E-state index contributed by atoms with van der Waals surface area (Å²) in [5, 5.41) is 3.67. The van der Waals surface area contributed by atoms with E-state index in [1.807, 2.05) is 6.92 Å². The van der Waals surface area contributed by atoms with Gasteiger partial charge in [0.2, 0.25) is 0 Å². The van der Waals surface area contributed by atoms with Crippen LogP contribution in [0.5, 0.6) is 11.5 Å². The van der Waals surface area contributed by atoms with E-state index in [0.717, 1.165) is 12.1 Å². The van der Waals surface area contributed by atoms with E-state index in [0.29, 0.717) is 66.4 Å². The molecule has 3 heterocycles. The smallest absolute Gasteiger partial charge is 0.416 e. The van der Waals surface area contributed by atoms with E-state index in [4.69, 9.17) is 25.7 Å². The van der Waals surface area contributed by atoms with Crippen molar-refractivity contribution in [2.75, 3.05) is 37.9 Å². The van der Waals surface area contributed by atoms with Crippen molar-refractivity contribution in [3.05, 3.63) is 47.3 Å². The molecule has 13 heteroatoms. The van der Waals surface area contributed by atoms with Crippen molar-refractivity contribution in [1.29, 1.82) is 0 Å². The lowest BCUT2D eigenvalue weighted by molar-refractivity contribution is -0.137. The summed E-state index contributed by atoms with van der Waals surface area (Å²) in [5.74, 6) is 1.24. The molecular formula is C29H35F3N6O4. The van der Waals surface area contributed by atoms with Crippen LogP contribution in [0.3, 0.4) is 0 Å². The average Bonchev–Trinajstić information content (AvgIpc) is 3.20. The number of benzene rings is 2. The summed E-state index contributed by atoms with van der Waals surface area (Å²) in [5.41, 5.74) is 12.0. The molecule has 2 aromatic carbocycles. The molecule has 0 radical (unpaired) electrons. The first-order valence-corrected chi connectivity index (χ1v) is 13.7. The van der Waals surface area contributed by atoms with Gasteiger partial charge < -0.3 is 35.9 Å². The van der Waals surface area contributed by atoms with E-state index >= 15 is 0 Å². The van der Waals surface area contributed by atoms with Crippen molar-refractivity contribution in [3.63, 3.8) is 0 Å². The van der Waals surface area contributed by atoms with E-state index in [9.17, 15) is 18.0 Å². The first-order chi connectivity index (χ1) is 19.8. The number of aromatic nitrogens is 2. The molecule has 2 fully saturated rings. The number of halogens is 3. The number of hydrogen-bond acceptors (Lipinski definition) is 9. The number of alkyl halides is 3. The molecule has 226 valence electrons. The van der Waals surface area contributed by atoms with Crippen molar-refractivity contribution in [3.8, 4) is 11.5 Å². The highest BCUT2D eigenvalue weighted by atomic mass is 19.4. The monoisotopic (exact) mass is 588 g/mol. The second-order valence-corrected chi connectivity index (χ2v) is 11.2. The number of rotatable bonds is 5. The van der Waals surface area contributed by atoms with Gasteiger partial charge in [0, 0.05) is 41.7 Å². The van der Waals surface area contributed by atoms with Gasteiger partial charge in [-0.2, -0.15) is 13.2 Å². The number of carbonyl (C=O) groups excluding carboxylic acids is 1. The summed E-state index contributed by atoms with van der Waals surface area (Å²) in [6.07, 6.45) is -3.67. The molecule has 1 aromatic heterocycles. The second kappa shape index (κ2) is 11.1. The Kier molecular flexibility index (Phi) is 7.84. The number of aryl methyl sites for hydroxylation is 1. The van der Waals surface area contributed by atoms with Crippen LogP contribution in [0.15, 0.2) is 30.3 Å². The minimum Gasteiger partial charge on any atom is -0.493 e. The number of fused-ring (bicyclic) bond motifs is 1. The fourth-order valence-corrected chi connectivity index (χ4v) is 5.75. The van der Waals surface area contributed by atoms with Crippen LogP contribution in [0, 0.1) is 12.3 Å². The van der Waals surface area contributed by atoms with Gasteiger partial charge in [0.25, 0.3) is 0 Å². The summed E-state index contributed by atoms with van der Waals surface area (Å²) < 4.78 is 57.3. The third kappa shape index (κ3) is 5.75.